The minimum absolute atomic E-state index is 0.568. The molecular formula is C10H20N4. The highest BCUT2D eigenvalue weighted by atomic mass is 15.3. The number of nitrogens with zero attached hydrogens (tertiary/aromatic N) is 3. The van der Waals surface area contributed by atoms with Gasteiger partial charge in [0.15, 0.2) is 0 Å². The Hall–Kier alpha value is -0.900. The first-order valence-corrected chi connectivity index (χ1v) is 5.13. The molecule has 80 valence electrons. The van der Waals surface area contributed by atoms with Gasteiger partial charge in [-0.3, -0.25) is 4.68 Å². The third kappa shape index (κ3) is 3.10. The Kier molecular flexibility index (Phi) is 4.07. The normalized spacial score (nSPS) is 15.4. The highest BCUT2D eigenvalue weighted by molar-refractivity contribution is 4.85. The zero-order valence-electron chi connectivity index (χ0n) is 9.49. The molecule has 4 nitrogen and oxygen atoms in total. The van der Waals surface area contributed by atoms with E-state index in [2.05, 4.69) is 29.2 Å². The molecule has 4 heteroatoms. The maximum Gasteiger partial charge on any atom is 0.138 e. The summed E-state index contributed by atoms with van der Waals surface area (Å²) in [6.45, 7) is 4.45. The van der Waals surface area contributed by atoms with Gasteiger partial charge in [-0.25, -0.2) is 4.98 Å². The monoisotopic (exact) mass is 196 g/mol. The van der Waals surface area contributed by atoms with Crippen molar-refractivity contribution in [2.24, 2.45) is 13.0 Å². The molecular weight excluding hydrogens is 176 g/mol. The van der Waals surface area contributed by atoms with E-state index in [4.69, 9.17) is 0 Å². The third-order valence-corrected chi connectivity index (χ3v) is 2.58. The summed E-state index contributed by atoms with van der Waals surface area (Å²) in [5.74, 6) is 1.71. The molecule has 0 fully saturated rings. The van der Waals surface area contributed by atoms with Gasteiger partial charge in [0.2, 0.25) is 0 Å². The predicted octanol–water partition coefficient (Wildman–Crippen LogP) is 0.992. The quantitative estimate of drug-likeness (QED) is 0.763. The first-order chi connectivity index (χ1) is 6.63. The first kappa shape index (κ1) is 11.2. The van der Waals surface area contributed by atoms with Crippen molar-refractivity contribution >= 4 is 0 Å². The smallest absolute Gasteiger partial charge is 0.138 e. The molecule has 2 unspecified atom stereocenters. The minimum Gasteiger partial charge on any atom is -0.317 e. The second-order valence-electron chi connectivity index (χ2n) is 4.03. The lowest BCUT2D eigenvalue weighted by molar-refractivity contribution is 0.428. The largest absolute Gasteiger partial charge is 0.317 e. The maximum atomic E-state index is 4.22. The van der Waals surface area contributed by atoms with Crippen LogP contribution < -0.4 is 5.32 Å². The van der Waals surface area contributed by atoms with Crippen LogP contribution in [-0.2, 0) is 13.5 Å². The average molecular weight is 196 g/mol. The summed E-state index contributed by atoms with van der Waals surface area (Å²) in [4.78, 5) is 4.22. The Morgan fingerprint density at radius 1 is 1.50 bits per heavy atom. The molecule has 0 aliphatic heterocycles. The van der Waals surface area contributed by atoms with Crippen LogP contribution >= 0.6 is 0 Å². The average Bonchev–Trinajstić information content (AvgIpc) is 2.51. The Bertz CT molecular complexity index is 269. The van der Waals surface area contributed by atoms with Crippen LogP contribution in [0.4, 0.5) is 0 Å². The predicted molar refractivity (Wildman–Crippen MR) is 57.0 cm³/mol. The summed E-state index contributed by atoms with van der Waals surface area (Å²) in [6, 6.07) is 0.568. The van der Waals surface area contributed by atoms with Crippen molar-refractivity contribution < 1.29 is 0 Å². The fourth-order valence-corrected chi connectivity index (χ4v) is 1.62. The van der Waals surface area contributed by atoms with Crippen molar-refractivity contribution in [3.8, 4) is 0 Å². The fourth-order valence-electron chi connectivity index (χ4n) is 1.62. The molecule has 1 N–H and O–H groups in total. The van der Waals surface area contributed by atoms with Crippen molar-refractivity contribution in [3.63, 3.8) is 0 Å². The van der Waals surface area contributed by atoms with Gasteiger partial charge < -0.3 is 5.32 Å². The maximum absolute atomic E-state index is 4.22. The van der Waals surface area contributed by atoms with Gasteiger partial charge in [-0.1, -0.05) is 6.92 Å². The van der Waals surface area contributed by atoms with E-state index >= 15 is 0 Å². The molecule has 0 aliphatic rings. The molecule has 1 rings (SSSR count). The molecule has 1 aromatic rings. The molecule has 0 radical (unpaired) electrons. The number of nitrogens with one attached hydrogen (secondary N) is 1. The van der Waals surface area contributed by atoms with E-state index in [1.165, 1.54) is 6.42 Å². The molecule has 0 bridgehead atoms. The van der Waals surface area contributed by atoms with E-state index in [1.807, 2.05) is 18.8 Å². The van der Waals surface area contributed by atoms with Gasteiger partial charge in [0.25, 0.3) is 0 Å². The van der Waals surface area contributed by atoms with Crippen LogP contribution in [0.15, 0.2) is 6.33 Å². The van der Waals surface area contributed by atoms with Crippen LogP contribution in [0.25, 0.3) is 0 Å². The SMILES string of the molecule is CNC(C)CC(C)Cc1ncnn1C. The van der Waals surface area contributed by atoms with Gasteiger partial charge in [-0.05, 0) is 26.3 Å². The summed E-state index contributed by atoms with van der Waals surface area (Å²) < 4.78 is 1.85. The number of hydrogen-bond acceptors (Lipinski definition) is 3. The van der Waals surface area contributed by atoms with Crippen molar-refractivity contribution in [2.45, 2.75) is 32.7 Å². The number of rotatable bonds is 5. The molecule has 0 aliphatic carbocycles. The van der Waals surface area contributed by atoms with E-state index in [0.29, 0.717) is 12.0 Å². The van der Waals surface area contributed by atoms with Gasteiger partial charge in [0.05, 0.1) is 0 Å². The Balaban J connectivity index is 2.41. The van der Waals surface area contributed by atoms with Crippen molar-refractivity contribution in [1.82, 2.24) is 20.1 Å². The lowest BCUT2D eigenvalue weighted by Gasteiger charge is -2.15. The topological polar surface area (TPSA) is 42.7 Å². The molecule has 0 aromatic carbocycles. The Labute approximate surface area is 85.7 Å². The van der Waals surface area contributed by atoms with E-state index < -0.39 is 0 Å². The molecule has 0 saturated carbocycles. The molecule has 1 heterocycles. The van der Waals surface area contributed by atoms with Crippen LogP contribution in [0.3, 0.4) is 0 Å². The fraction of sp³-hybridized carbons (Fsp3) is 0.800. The van der Waals surface area contributed by atoms with Crippen LogP contribution in [0.5, 0.6) is 0 Å². The molecule has 0 saturated heterocycles. The Morgan fingerprint density at radius 3 is 2.71 bits per heavy atom. The number of aromatic nitrogens is 3. The van der Waals surface area contributed by atoms with Gasteiger partial charge in [-0.2, -0.15) is 5.10 Å². The summed E-state index contributed by atoms with van der Waals surface area (Å²) in [7, 11) is 3.94. The minimum atomic E-state index is 0.568. The number of aryl methyl sites for hydroxylation is 1. The number of hydrogen-bond donors (Lipinski definition) is 1. The summed E-state index contributed by atoms with van der Waals surface area (Å²) in [5, 5.41) is 7.31. The van der Waals surface area contributed by atoms with E-state index in [-0.39, 0.29) is 0 Å². The molecule has 1 aromatic heterocycles. The van der Waals surface area contributed by atoms with Gasteiger partial charge in [0, 0.05) is 19.5 Å². The first-order valence-electron chi connectivity index (χ1n) is 5.13. The lowest BCUT2D eigenvalue weighted by Crippen LogP contribution is -2.24. The summed E-state index contributed by atoms with van der Waals surface area (Å²) in [6.07, 6.45) is 3.79. The van der Waals surface area contributed by atoms with Crippen LogP contribution in [-0.4, -0.2) is 27.9 Å². The van der Waals surface area contributed by atoms with E-state index in [9.17, 15) is 0 Å². The van der Waals surface area contributed by atoms with Gasteiger partial charge >= 0.3 is 0 Å². The van der Waals surface area contributed by atoms with E-state index in [1.54, 1.807) is 6.33 Å². The zero-order chi connectivity index (χ0) is 10.6. The van der Waals surface area contributed by atoms with Crippen LogP contribution in [0.1, 0.15) is 26.1 Å². The highest BCUT2D eigenvalue weighted by Crippen LogP contribution is 2.11. The summed E-state index contributed by atoms with van der Waals surface area (Å²) in [5.41, 5.74) is 0. The van der Waals surface area contributed by atoms with Crippen LogP contribution in [0.2, 0.25) is 0 Å². The van der Waals surface area contributed by atoms with E-state index in [0.717, 1.165) is 12.2 Å². The van der Waals surface area contributed by atoms with Gasteiger partial charge in [-0.15, -0.1) is 0 Å². The van der Waals surface area contributed by atoms with Crippen molar-refractivity contribution in [1.29, 1.82) is 0 Å². The molecule has 0 spiro atoms. The van der Waals surface area contributed by atoms with Crippen molar-refractivity contribution in [3.05, 3.63) is 12.2 Å². The second kappa shape index (κ2) is 5.10. The zero-order valence-corrected chi connectivity index (χ0v) is 9.49. The van der Waals surface area contributed by atoms with Crippen LogP contribution in [0, 0.1) is 5.92 Å². The van der Waals surface area contributed by atoms with Crippen molar-refractivity contribution in [2.75, 3.05) is 7.05 Å². The molecule has 0 amide bonds. The molecule has 14 heavy (non-hydrogen) atoms. The second-order valence-corrected chi connectivity index (χ2v) is 4.03. The lowest BCUT2D eigenvalue weighted by atomic mass is 9.99. The standard InChI is InChI=1S/C10H20N4/c1-8(5-9(2)11-3)6-10-12-7-13-14(10)4/h7-9,11H,5-6H2,1-4H3. The highest BCUT2D eigenvalue weighted by Gasteiger charge is 2.10. The van der Waals surface area contributed by atoms with Gasteiger partial charge in [0.1, 0.15) is 12.2 Å². The Morgan fingerprint density at radius 2 is 2.21 bits per heavy atom. The summed E-state index contributed by atoms with van der Waals surface area (Å²) >= 11 is 0. The molecule has 2 atom stereocenters. The third-order valence-electron chi connectivity index (χ3n) is 2.58.